The third-order valence-electron chi connectivity index (χ3n) is 4.71. The van der Waals surface area contributed by atoms with Gasteiger partial charge in [0.1, 0.15) is 6.54 Å². The molecule has 0 radical (unpaired) electrons. The van der Waals surface area contributed by atoms with Gasteiger partial charge >= 0.3 is 5.69 Å². The lowest BCUT2D eigenvalue weighted by Gasteiger charge is -2.11. The summed E-state index contributed by atoms with van der Waals surface area (Å²) < 4.78 is 2.94. The summed E-state index contributed by atoms with van der Waals surface area (Å²) in [7, 11) is 1.68. The zero-order chi connectivity index (χ0) is 19.0. The van der Waals surface area contributed by atoms with Crippen LogP contribution >= 0.6 is 0 Å². The third-order valence-corrected chi connectivity index (χ3v) is 4.71. The van der Waals surface area contributed by atoms with Crippen molar-refractivity contribution in [2.24, 2.45) is 7.05 Å². The van der Waals surface area contributed by atoms with Crippen LogP contribution in [-0.4, -0.2) is 27.0 Å². The van der Waals surface area contributed by atoms with E-state index in [1.807, 2.05) is 18.2 Å². The van der Waals surface area contributed by atoms with Crippen molar-refractivity contribution in [2.75, 3.05) is 5.32 Å². The van der Waals surface area contributed by atoms with E-state index in [-0.39, 0.29) is 30.1 Å². The highest BCUT2D eigenvalue weighted by molar-refractivity contribution is 6.04. The molecule has 2 amide bonds. The van der Waals surface area contributed by atoms with E-state index in [9.17, 15) is 14.4 Å². The minimum absolute atomic E-state index is 0.126. The van der Waals surface area contributed by atoms with Crippen LogP contribution in [0, 0.1) is 0 Å². The number of amides is 2. The number of carbonyl (C=O) groups excluding carboxylic acids is 2. The van der Waals surface area contributed by atoms with Gasteiger partial charge in [0.05, 0.1) is 22.3 Å². The molecule has 1 aromatic heterocycles. The van der Waals surface area contributed by atoms with Crippen molar-refractivity contribution in [3.05, 3.63) is 64.6 Å². The summed E-state index contributed by atoms with van der Waals surface area (Å²) in [6, 6.07) is 14.4. The Bertz CT molecular complexity index is 1090. The molecule has 1 aliphatic rings. The molecule has 3 aromatic rings. The molecule has 0 unspecified atom stereocenters. The molecule has 27 heavy (non-hydrogen) atoms. The summed E-state index contributed by atoms with van der Waals surface area (Å²) in [5, 5.41) is 5.69. The number of benzene rings is 2. The van der Waals surface area contributed by atoms with Gasteiger partial charge in [0, 0.05) is 13.1 Å². The molecule has 2 aromatic carbocycles. The highest BCUT2D eigenvalue weighted by atomic mass is 16.2. The third kappa shape index (κ3) is 3.36. The molecule has 0 aliphatic heterocycles. The maximum atomic E-state index is 12.6. The number of carbonyl (C=O) groups is 2. The summed E-state index contributed by atoms with van der Waals surface area (Å²) >= 11 is 0. The highest BCUT2D eigenvalue weighted by Gasteiger charge is 2.25. The Morgan fingerprint density at radius 1 is 1.04 bits per heavy atom. The van der Waals surface area contributed by atoms with Gasteiger partial charge in [-0.1, -0.05) is 24.3 Å². The molecule has 0 atom stereocenters. The number of fused-ring (bicyclic) bond motifs is 1. The van der Waals surface area contributed by atoms with E-state index in [1.165, 1.54) is 9.13 Å². The predicted molar refractivity (Wildman–Crippen MR) is 103 cm³/mol. The Morgan fingerprint density at radius 3 is 2.44 bits per heavy atom. The molecular formula is C20H20N4O3. The number of hydrogen-bond donors (Lipinski definition) is 2. The Balaban J connectivity index is 1.57. The van der Waals surface area contributed by atoms with Gasteiger partial charge in [-0.15, -0.1) is 0 Å². The molecule has 7 heteroatoms. The highest BCUT2D eigenvalue weighted by Crippen LogP contribution is 2.21. The number of para-hydroxylation sites is 3. The number of hydrogen-bond acceptors (Lipinski definition) is 3. The van der Waals surface area contributed by atoms with Crippen molar-refractivity contribution in [3.8, 4) is 0 Å². The number of aromatic nitrogens is 2. The van der Waals surface area contributed by atoms with Crippen molar-refractivity contribution >= 4 is 28.5 Å². The summed E-state index contributed by atoms with van der Waals surface area (Å²) in [6.45, 7) is -0.126. The summed E-state index contributed by atoms with van der Waals surface area (Å²) in [5.41, 5.74) is 2.06. The maximum absolute atomic E-state index is 12.6. The van der Waals surface area contributed by atoms with Gasteiger partial charge in [0.2, 0.25) is 5.91 Å². The quantitative estimate of drug-likeness (QED) is 0.725. The molecule has 1 heterocycles. The molecule has 2 N–H and O–H groups in total. The minimum atomic E-state index is -0.361. The number of imidazole rings is 1. The van der Waals surface area contributed by atoms with Crippen LogP contribution in [0.1, 0.15) is 23.2 Å². The van der Waals surface area contributed by atoms with E-state index >= 15 is 0 Å². The first-order chi connectivity index (χ1) is 13.0. The number of rotatable bonds is 5. The van der Waals surface area contributed by atoms with Gasteiger partial charge in [0.25, 0.3) is 5.91 Å². The maximum Gasteiger partial charge on any atom is 0.329 e. The van der Waals surface area contributed by atoms with Crippen LogP contribution in [0.5, 0.6) is 0 Å². The van der Waals surface area contributed by atoms with E-state index in [4.69, 9.17) is 0 Å². The lowest BCUT2D eigenvalue weighted by Crippen LogP contribution is -2.30. The fraction of sp³-hybridized carbons (Fsp3) is 0.250. The van der Waals surface area contributed by atoms with Crippen LogP contribution in [0.3, 0.4) is 0 Å². The van der Waals surface area contributed by atoms with Gasteiger partial charge in [0.15, 0.2) is 0 Å². The second-order valence-electron chi connectivity index (χ2n) is 6.76. The molecule has 0 spiro atoms. The van der Waals surface area contributed by atoms with Crippen molar-refractivity contribution in [2.45, 2.75) is 25.4 Å². The lowest BCUT2D eigenvalue weighted by atomic mass is 10.1. The number of nitrogens with zero attached hydrogens (tertiary/aromatic N) is 2. The van der Waals surface area contributed by atoms with E-state index in [1.54, 1.807) is 37.4 Å². The van der Waals surface area contributed by atoms with Crippen LogP contribution in [0.4, 0.5) is 5.69 Å². The number of aryl methyl sites for hydroxylation is 1. The van der Waals surface area contributed by atoms with E-state index in [0.717, 1.165) is 18.4 Å². The van der Waals surface area contributed by atoms with Crippen molar-refractivity contribution in [1.29, 1.82) is 0 Å². The average Bonchev–Trinajstić information content (AvgIpc) is 3.45. The largest absolute Gasteiger partial charge is 0.349 e. The fourth-order valence-electron chi connectivity index (χ4n) is 3.13. The zero-order valence-corrected chi connectivity index (χ0v) is 14.9. The summed E-state index contributed by atoms with van der Waals surface area (Å²) in [5.74, 6) is -0.559. The molecule has 1 saturated carbocycles. The van der Waals surface area contributed by atoms with Gasteiger partial charge in [-0.3, -0.25) is 18.7 Å². The second kappa shape index (κ2) is 6.75. The molecule has 0 saturated heterocycles. The first-order valence-corrected chi connectivity index (χ1v) is 8.88. The van der Waals surface area contributed by atoms with Gasteiger partial charge in [-0.2, -0.15) is 0 Å². The Morgan fingerprint density at radius 2 is 1.70 bits per heavy atom. The standard InChI is InChI=1S/C20H20N4O3/c1-23-16-8-4-5-9-17(16)24(20(23)27)12-18(25)22-15-7-3-2-6-14(15)19(26)21-13-10-11-13/h2-9,13H,10-12H2,1H3,(H,21,26)(H,22,25). The second-order valence-corrected chi connectivity index (χ2v) is 6.76. The van der Waals surface area contributed by atoms with Gasteiger partial charge < -0.3 is 10.6 Å². The average molecular weight is 364 g/mol. The SMILES string of the molecule is Cn1c(=O)n(CC(=O)Nc2ccccc2C(=O)NC2CC2)c2ccccc21. The van der Waals surface area contributed by atoms with Crippen LogP contribution in [0.2, 0.25) is 0 Å². The van der Waals surface area contributed by atoms with E-state index in [0.29, 0.717) is 16.8 Å². The van der Waals surface area contributed by atoms with Gasteiger partial charge in [-0.05, 0) is 37.1 Å². The Labute approximate surface area is 155 Å². The van der Waals surface area contributed by atoms with Crippen molar-refractivity contribution < 1.29 is 9.59 Å². The fourth-order valence-corrected chi connectivity index (χ4v) is 3.13. The van der Waals surface area contributed by atoms with Gasteiger partial charge in [-0.25, -0.2) is 4.79 Å². The minimum Gasteiger partial charge on any atom is -0.349 e. The molecule has 4 rings (SSSR count). The van der Waals surface area contributed by atoms with Crippen LogP contribution in [-0.2, 0) is 18.4 Å². The van der Waals surface area contributed by atoms with Crippen molar-refractivity contribution in [3.63, 3.8) is 0 Å². The van der Waals surface area contributed by atoms with E-state index < -0.39 is 0 Å². The number of nitrogens with one attached hydrogen (secondary N) is 2. The van der Waals surface area contributed by atoms with Crippen LogP contribution in [0.15, 0.2) is 53.3 Å². The smallest absolute Gasteiger partial charge is 0.329 e. The van der Waals surface area contributed by atoms with Crippen LogP contribution < -0.4 is 16.3 Å². The topological polar surface area (TPSA) is 85.1 Å². The Hall–Kier alpha value is -3.35. The summed E-state index contributed by atoms with van der Waals surface area (Å²) in [6.07, 6.45) is 1.98. The van der Waals surface area contributed by atoms with Crippen molar-refractivity contribution in [1.82, 2.24) is 14.5 Å². The number of anilines is 1. The lowest BCUT2D eigenvalue weighted by molar-refractivity contribution is -0.116. The van der Waals surface area contributed by atoms with E-state index in [2.05, 4.69) is 10.6 Å². The van der Waals surface area contributed by atoms with Crippen LogP contribution in [0.25, 0.3) is 11.0 Å². The molecular weight excluding hydrogens is 344 g/mol. The molecule has 1 aliphatic carbocycles. The molecule has 138 valence electrons. The normalized spacial score (nSPS) is 13.5. The molecule has 1 fully saturated rings. The first kappa shape index (κ1) is 17.1. The zero-order valence-electron chi connectivity index (χ0n) is 14.9. The monoisotopic (exact) mass is 364 g/mol. The predicted octanol–water partition coefficient (Wildman–Crippen LogP) is 1.87. The molecule has 0 bridgehead atoms. The summed E-state index contributed by atoms with van der Waals surface area (Å²) in [4.78, 5) is 37.4. The molecule has 7 nitrogen and oxygen atoms in total. The Kier molecular flexibility index (Phi) is 4.27. The first-order valence-electron chi connectivity index (χ1n) is 8.88.